The minimum atomic E-state index is -1.03. The molecule has 11 heteroatoms. The first-order valence-electron chi connectivity index (χ1n) is 12.4. The van der Waals surface area contributed by atoms with Gasteiger partial charge in [0.05, 0.1) is 28.7 Å². The quantitative estimate of drug-likeness (QED) is 0.322. The van der Waals surface area contributed by atoms with Crippen LogP contribution in [0.15, 0.2) is 29.3 Å². The highest BCUT2D eigenvalue weighted by molar-refractivity contribution is 7.15. The predicted octanol–water partition coefficient (Wildman–Crippen LogP) is 4.32. The number of aliphatic carboxylic acids is 1. The summed E-state index contributed by atoms with van der Waals surface area (Å²) in [6.07, 6.45) is 0.0566. The van der Waals surface area contributed by atoms with Crippen LogP contribution < -0.4 is 5.32 Å². The first-order chi connectivity index (χ1) is 18.1. The van der Waals surface area contributed by atoms with Crippen molar-refractivity contribution in [3.05, 3.63) is 68.9 Å². The molecule has 3 N–H and O–H groups in total. The van der Waals surface area contributed by atoms with E-state index in [9.17, 15) is 15.0 Å². The first-order valence-corrected chi connectivity index (χ1v) is 13.3. The lowest BCUT2D eigenvalue weighted by Gasteiger charge is -2.19. The SMILES string of the molecule is Cc1nn(C)c(C)c1Nc1ccc(C2=NC([C@H](CCO)C(=O)O)c3nnc(C)n3-c3sc(C)c(C)c32)cc1. The standard InChI is InChI=1S/C27H31N7O3S/c1-13-16(4)38-26-21(13)23(18-7-9-19(10-8-18)28-22-14(2)32-33(6)15(22)3)29-24(20(11-12-35)27(36)37)25-31-30-17(5)34(25)26/h7-10,20,24,28,35H,11-12H2,1-6H3,(H,36,37)/t20-,24?/m0/s1. The summed E-state index contributed by atoms with van der Waals surface area (Å²) >= 11 is 1.62. The largest absolute Gasteiger partial charge is 0.481 e. The monoisotopic (exact) mass is 533 g/mol. The molecule has 0 fully saturated rings. The van der Waals surface area contributed by atoms with Crippen molar-refractivity contribution in [3.8, 4) is 5.00 Å². The molecular weight excluding hydrogens is 502 g/mol. The van der Waals surface area contributed by atoms with Crippen LogP contribution in [-0.2, 0) is 11.8 Å². The van der Waals surface area contributed by atoms with Crippen LogP contribution in [0.25, 0.3) is 5.00 Å². The average Bonchev–Trinajstić information content (AvgIpc) is 3.44. The maximum Gasteiger partial charge on any atom is 0.309 e. The molecule has 0 bridgehead atoms. The maximum absolute atomic E-state index is 12.3. The second-order valence-corrected chi connectivity index (χ2v) is 10.9. The molecular formula is C27H31N7O3S. The number of rotatable bonds is 7. The van der Waals surface area contributed by atoms with E-state index in [4.69, 9.17) is 4.99 Å². The molecule has 198 valence electrons. The molecule has 0 aliphatic carbocycles. The Morgan fingerprint density at radius 1 is 1.13 bits per heavy atom. The molecule has 5 rings (SSSR count). The third-order valence-electron chi connectivity index (χ3n) is 7.26. The van der Waals surface area contributed by atoms with Crippen LogP contribution in [0, 0.1) is 40.5 Å². The summed E-state index contributed by atoms with van der Waals surface area (Å²) in [5, 5.41) is 37.3. The van der Waals surface area contributed by atoms with Gasteiger partial charge in [0.25, 0.3) is 0 Å². The molecule has 10 nitrogen and oxygen atoms in total. The van der Waals surface area contributed by atoms with Gasteiger partial charge in [-0.1, -0.05) is 12.1 Å². The van der Waals surface area contributed by atoms with Gasteiger partial charge in [-0.3, -0.25) is 19.0 Å². The van der Waals surface area contributed by atoms with E-state index in [0.29, 0.717) is 17.4 Å². The number of aliphatic imine (C=N–C) groups is 1. The Bertz CT molecular complexity index is 1560. The van der Waals surface area contributed by atoms with Gasteiger partial charge >= 0.3 is 5.97 Å². The van der Waals surface area contributed by atoms with Crippen LogP contribution in [0.4, 0.5) is 11.4 Å². The summed E-state index contributed by atoms with van der Waals surface area (Å²) in [6.45, 7) is 9.72. The number of aromatic nitrogens is 5. The number of aliphatic hydroxyl groups excluding tert-OH is 1. The lowest BCUT2D eigenvalue weighted by atomic mass is 9.95. The molecule has 0 saturated carbocycles. The van der Waals surface area contributed by atoms with E-state index in [1.165, 1.54) is 0 Å². The predicted molar refractivity (Wildman–Crippen MR) is 147 cm³/mol. The fourth-order valence-electron chi connectivity index (χ4n) is 4.98. The fraction of sp³-hybridized carbons (Fsp3) is 0.370. The molecule has 3 aromatic heterocycles. The van der Waals surface area contributed by atoms with Crippen LogP contribution in [0.3, 0.4) is 0 Å². The molecule has 1 aromatic carbocycles. The van der Waals surface area contributed by atoms with Gasteiger partial charge in [-0.25, -0.2) is 0 Å². The summed E-state index contributed by atoms with van der Waals surface area (Å²) < 4.78 is 3.78. The maximum atomic E-state index is 12.3. The molecule has 1 aliphatic rings. The minimum absolute atomic E-state index is 0.0566. The zero-order valence-corrected chi connectivity index (χ0v) is 23.1. The van der Waals surface area contributed by atoms with Gasteiger partial charge in [0, 0.05) is 35.3 Å². The van der Waals surface area contributed by atoms with Crippen molar-refractivity contribution >= 4 is 34.4 Å². The number of aryl methyl sites for hydroxylation is 4. The third-order valence-corrected chi connectivity index (χ3v) is 8.46. The van der Waals surface area contributed by atoms with Crippen LogP contribution in [0.5, 0.6) is 0 Å². The van der Waals surface area contributed by atoms with Crippen molar-refractivity contribution in [1.82, 2.24) is 24.5 Å². The van der Waals surface area contributed by atoms with E-state index in [0.717, 1.165) is 49.3 Å². The molecule has 0 amide bonds. The molecule has 38 heavy (non-hydrogen) atoms. The van der Waals surface area contributed by atoms with Gasteiger partial charge in [-0.05, 0) is 58.7 Å². The Morgan fingerprint density at radius 3 is 2.45 bits per heavy atom. The van der Waals surface area contributed by atoms with Crippen molar-refractivity contribution in [2.24, 2.45) is 18.0 Å². The van der Waals surface area contributed by atoms with Crippen molar-refractivity contribution < 1.29 is 15.0 Å². The number of carboxylic acids is 1. The minimum Gasteiger partial charge on any atom is -0.481 e. The molecule has 4 heterocycles. The fourth-order valence-corrected chi connectivity index (χ4v) is 6.20. The molecule has 0 spiro atoms. The molecule has 0 radical (unpaired) electrons. The zero-order valence-electron chi connectivity index (χ0n) is 22.3. The van der Waals surface area contributed by atoms with Crippen LogP contribution >= 0.6 is 11.3 Å². The van der Waals surface area contributed by atoms with E-state index in [-0.39, 0.29) is 13.0 Å². The van der Waals surface area contributed by atoms with Crippen molar-refractivity contribution in [3.63, 3.8) is 0 Å². The second kappa shape index (κ2) is 9.80. The number of carboxylic acid groups (broad SMARTS) is 1. The Morgan fingerprint density at radius 2 is 1.84 bits per heavy atom. The molecule has 2 atom stereocenters. The van der Waals surface area contributed by atoms with Crippen LogP contribution in [0.1, 0.15) is 57.1 Å². The van der Waals surface area contributed by atoms with Crippen molar-refractivity contribution in [1.29, 1.82) is 0 Å². The molecule has 1 aliphatic heterocycles. The van der Waals surface area contributed by atoms with Crippen molar-refractivity contribution in [2.75, 3.05) is 11.9 Å². The number of thiophene rings is 1. The van der Waals surface area contributed by atoms with Gasteiger partial charge in [0.15, 0.2) is 5.82 Å². The highest BCUT2D eigenvalue weighted by Crippen LogP contribution is 2.41. The average molecular weight is 534 g/mol. The Labute approximate surface area is 224 Å². The highest BCUT2D eigenvalue weighted by atomic mass is 32.1. The van der Waals surface area contributed by atoms with Gasteiger partial charge in [0.1, 0.15) is 16.9 Å². The lowest BCUT2D eigenvalue weighted by Crippen LogP contribution is -2.24. The molecule has 0 saturated heterocycles. The molecule has 1 unspecified atom stereocenters. The van der Waals surface area contributed by atoms with E-state index in [1.807, 2.05) is 61.3 Å². The van der Waals surface area contributed by atoms with Gasteiger partial charge in [-0.15, -0.1) is 21.5 Å². The Kier molecular flexibility index (Phi) is 6.66. The lowest BCUT2D eigenvalue weighted by molar-refractivity contribution is -0.143. The highest BCUT2D eigenvalue weighted by Gasteiger charge is 2.38. The third kappa shape index (κ3) is 4.21. The van der Waals surface area contributed by atoms with Crippen LogP contribution in [0.2, 0.25) is 0 Å². The number of nitrogens with one attached hydrogen (secondary N) is 1. The first kappa shape index (κ1) is 25.8. The normalized spacial score (nSPS) is 15.4. The van der Waals surface area contributed by atoms with E-state index < -0.39 is 17.9 Å². The Balaban J connectivity index is 1.65. The number of benzene rings is 1. The number of hydrogen-bond donors (Lipinski definition) is 3. The topological polar surface area (TPSA) is 130 Å². The summed E-state index contributed by atoms with van der Waals surface area (Å²) in [5.74, 6) is -0.843. The van der Waals surface area contributed by atoms with Crippen LogP contribution in [-0.4, -0.2) is 53.0 Å². The zero-order chi connectivity index (χ0) is 27.3. The van der Waals surface area contributed by atoms with E-state index >= 15 is 0 Å². The number of anilines is 2. The second-order valence-electron chi connectivity index (χ2n) is 9.66. The number of nitrogens with zero attached hydrogens (tertiary/aromatic N) is 6. The number of aliphatic hydroxyl groups is 1. The summed E-state index contributed by atoms with van der Waals surface area (Å²) in [4.78, 5) is 18.5. The van der Waals surface area contributed by atoms with Crippen molar-refractivity contribution in [2.45, 2.75) is 47.1 Å². The van der Waals surface area contributed by atoms with Gasteiger partial charge in [0.2, 0.25) is 0 Å². The van der Waals surface area contributed by atoms with E-state index in [2.05, 4.69) is 34.5 Å². The summed E-state index contributed by atoms with van der Waals surface area (Å²) in [5.41, 5.74) is 7.45. The molecule has 4 aromatic rings. The smallest absolute Gasteiger partial charge is 0.309 e. The van der Waals surface area contributed by atoms with Gasteiger partial charge in [-0.2, -0.15) is 5.10 Å². The number of hydrogen-bond acceptors (Lipinski definition) is 8. The van der Waals surface area contributed by atoms with E-state index in [1.54, 1.807) is 11.3 Å². The summed E-state index contributed by atoms with van der Waals surface area (Å²) in [7, 11) is 1.92. The van der Waals surface area contributed by atoms with Gasteiger partial charge < -0.3 is 15.5 Å². The summed E-state index contributed by atoms with van der Waals surface area (Å²) in [6, 6.07) is 7.16. The number of fused-ring (bicyclic) bond motifs is 3. The number of carbonyl (C=O) groups is 1. The Hall–Kier alpha value is -3.83.